The van der Waals surface area contributed by atoms with Crippen LogP contribution in [0.4, 0.5) is 0 Å². The van der Waals surface area contributed by atoms with Gasteiger partial charge in [0, 0.05) is 10.9 Å². The summed E-state index contributed by atoms with van der Waals surface area (Å²) < 4.78 is 31.5. The van der Waals surface area contributed by atoms with Crippen LogP contribution in [0.5, 0.6) is 5.75 Å². The van der Waals surface area contributed by atoms with Crippen LogP contribution in [-0.4, -0.2) is 26.4 Å². The van der Waals surface area contributed by atoms with E-state index in [-0.39, 0.29) is 16.2 Å². The van der Waals surface area contributed by atoms with Gasteiger partial charge in [-0.3, -0.25) is 0 Å². The normalized spacial score (nSPS) is 24.2. The maximum absolute atomic E-state index is 6.42. The Morgan fingerprint density at radius 2 is 1.35 bits per heavy atom. The molecule has 0 unspecified atom stereocenters. The lowest BCUT2D eigenvalue weighted by Gasteiger charge is -2.42. The van der Waals surface area contributed by atoms with E-state index < -0.39 is 17.0 Å². The zero-order valence-electron chi connectivity index (χ0n) is 26.3. The molecule has 0 amide bonds. The molecule has 0 aromatic heterocycles. The van der Waals surface area contributed by atoms with Crippen molar-refractivity contribution < 1.29 is 22.6 Å². The van der Waals surface area contributed by atoms with Gasteiger partial charge in [0.25, 0.3) is 0 Å². The van der Waals surface area contributed by atoms with Crippen LogP contribution in [0.3, 0.4) is 0 Å². The van der Waals surface area contributed by atoms with Crippen molar-refractivity contribution in [1.82, 2.24) is 0 Å². The van der Waals surface area contributed by atoms with Crippen LogP contribution in [0.1, 0.15) is 91.5 Å². The molecule has 0 bridgehead atoms. The second-order valence-corrected chi connectivity index (χ2v) is 17.2. The number of hydrogen-bond acceptors (Lipinski definition) is 5. The zero-order valence-corrected chi connectivity index (χ0v) is 28.1. The van der Waals surface area contributed by atoms with Crippen molar-refractivity contribution in [2.45, 2.75) is 92.9 Å². The van der Waals surface area contributed by atoms with Crippen LogP contribution in [0.15, 0.2) is 36.4 Å². The first-order chi connectivity index (χ1) is 18.6. The topological polar surface area (TPSA) is 46.2 Å². The molecule has 5 nitrogen and oxygen atoms in total. The van der Waals surface area contributed by atoms with E-state index in [0.29, 0.717) is 38.3 Å². The van der Waals surface area contributed by atoms with E-state index in [1.165, 1.54) is 27.6 Å². The summed E-state index contributed by atoms with van der Waals surface area (Å²) in [5, 5.41) is 1.20. The molecule has 2 aliphatic heterocycles. The van der Waals surface area contributed by atoms with Gasteiger partial charge in [-0.1, -0.05) is 93.5 Å². The van der Waals surface area contributed by atoms with Crippen molar-refractivity contribution in [1.29, 1.82) is 0 Å². The minimum absolute atomic E-state index is 0.0452. The standard InChI is InChI=1S/C33H50O5P2/c1-23(2)15-25-11-13-29(28(17-25)32(8,9)10)38-40-36-21-33(22-37-40)19-34-39(35-20-33)30-14-12-27(31(5,6)7)18-26(30)16-24(3)4/h11-14,17-18,23-24H,15-16,19-22H2,1-10H3. The molecule has 2 aromatic carbocycles. The zero-order chi connectivity index (χ0) is 29.3. The van der Waals surface area contributed by atoms with Crippen LogP contribution in [0.25, 0.3) is 0 Å². The first-order valence-electron chi connectivity index (χ1n) is 14.7. The molecule has 2 heterocycles. The lowest BCUT2D eigenvalue weighted by Crippen LogP contribution is -2.45. The van der Waals surface area contributed by atoms with Crippen LogP contribution < -0.4 is 9.83 Å². The Hall–Kier alpha value is -1.06. The molecule has 0 aliphatic carbocycles. The van der Waals surface area contributed by atoms with E-state index in [2.05, 4.69) is 106 Å². The smallest absolute Gasteiger partial charge is 0.397 e. The fourth-order valence-electron chi connectivity index (χ4n) is 5.04. The average Bonchev–Trinajstić information content (AvgIpc) is 2.85. The third-order valence-corrected chi connectivity index (χ3v) is 9.95. The Morgan fingerprint density at radius 1 is 0.750 bits per heavy atom. The molecule has 222 valence electrons. The molecule has 4 rings (SSSR count). The molecular formula is C33H50O5P2. The van der Waals surface area contributed by atoms with Gasteiger partial charge < -0.3 is 22.6 Å². The third kappa shape index (κ3) is 8.06. The van der Waals surface area contributed by atoms with Gasteiger partial charge in [0.1, 0.15) is 5.75 Å². The van der Waals surface area contributed by atoms with Crippen molar-refractivity contribution in [3.8, 4) is 5.75 Å². The summed E-state index contributed by atoms with van der Waals surface area (Å²) in [5.41, 5.74) is 4.96. The predicted molar refractivity (Wildman–Crippen MR) is 168 cm³/mol. The molecule has 7 heteroatoms. The van der Waals surface area contributed by atoms with Crippen molar-refractivity contribution >= 4 is 22.3 Å². The van der Waals surface area contributed by atoms with E-state index in [0.717, 1.165) is 18.6 Å². The Morgan fingerprint density at radius 3 is 1.90 bits per heavy atom. The van der Waals surface area contributed by atoms with Crippen molar-refractivity contribution in [2.75, 3.05) is 26.4 Å². The lowest BCUT2D eigenvalue weighted by atomic mass is 9.84. The quantitative estimate of drug-likeness (QED) is 0.302. The van der Waals surface area contributed by atoms with Gasteiger partial charge in [-0.05, 0) is 64.3 Å². The van der Waals surface area contributed by atoms with Crippen LogP contribution in [0.2, 0.25) is 0 Å². The maximum Gasteiger partial charge on any atom is 0.397 e. The highest BCUT2D eigenvalue weighted by molar-refractivity contribution is 7.56. The molecule has 2 fully saturated rings. The van der Waals surface area contributed by atoms with Gasteiger partial charge in [-0.15, -0.1) is 0 Å². The number of rotatable bonds is 7. The summed E-state index contributed by atoms with van der Waals surface area (Å²) >= 11 is 0. The van der Waals surface area contributed by atoms with E-state index in [4.69, 9.17) is 22.6 Å². The predicted octanol–water partition coefficient (Wildman–Crippen LogP) is 9.00. The van der Waals surface area contributed by atoms with Gasteiger partial charge in [0.15, 0.2) is 0 Å². The fourth-order valence-corrected chi connectivity index (χ4v) is 8.02. The summed E-state index contributed by atoms with van der Waals surface area (Å²) in [5.74, 6) is 2.01. The lowest BCUT2D eigenvalue weighted by molar-refractivity contribution is -0.0590. The third-order valence-electron chi connectivity index (χ3n) is 7.37. The molecule has 1 spiro atoms. The molecule has 0 saturated carbocycles. The Bertz CT molecular complexity index is 1130. The molecule has 0 atom stereocenters. The monoisotopic (exact) mass is 588 g/mol. The minimum atomic E-state index is -1.48. The second kappa shape index (κ2) is 12.7. The molecule has 40 heavy (non-hydrogen) atoms. The van der Waals surface area contributed by atoms with E-state index in [1.54, 1.807) is 0 Å². The van der Waals surface area contributed by atoms with Crippen LogP contribution in [-0.2, 0) is 41.8 Å². The first kappa shape index (κ1) is 31.9. The highest BCUT2D eigenvalue weighted by atomic mass is 31.2. The first-order valence-corrected chi connectivity index (χ1v) is 17.0. The summed E-state index contributed by atoms with van der Waals surface area (Å²) in [6.45, 7) is 24.6. The molecule has 0 radical (unpaired) electrons. The fraction of sp³-hybridized carbons (Fsp3) is 0.636. The van der Waals surface area contributed by atoms with Crippen LogP contribution in [0, 0.1) is 17.3 Å². The van der Waals surface area contributed by atoms with Crippen LogP contribution >= 0.6 is 17.0 Å². The number of benzene rings is 2. The summed E-state index contributed by atoms with van der Waals surface area (Å²) in [6.07, 6.45) is 2.06. The van der Waals surface area contributed by atoms with Gasteiger partial charge >= 0.3 is 8.60 Å². The van der Waals surface area contributed by atoms with Crippen molar-refractivity contribution in [3.05, 3.63) is 58.7 Å². The highest BCUT2D eigenvalue weighted by Gasteiger charge is 2.44. The molecule has 2 aromatic rings. The van der Waals surface area contributed by atoms with E-state index >= 15 is 0 Å². The highest BCUT2D eigenvalue weighted by Crippen LogP contribution is 2.53. The van der Waals surface area contributed by atoms with Gasteiger partial charge in [0.2, 0.25) is 8.38 Å². The molecule has 2 saturated heterocycles. The van der Waals surface area contributed by atoms with E-state index in [1.807, 2.05) is 0 Å². The van der Waals surface area contributed by atoms with Crippen molar-refractivity contribution in [2.24, 2.45) is 17.3 Å². The van der Waals surface area contributed by atoms with E-state index in [9.17, 15) is 0 Å². The van der Waals surface area contributed by atoms with Crippen molar-refractivity contribution in [3.63, 3.8) is 0 Å². The molecular weight excluding hydrogens is 538 g/mol. The minimum Gasteiger partial charge on any atom is -0.426 e. The van der Waals surface area contributed by atoms with Gasteiger partial charge in [0.05, 0.1) is 31.8 Å². The van der Waals surface area contributed by atoms with Gasteiger partial charge in [-0.25, -0.2) is 0 Å². The largest absolute Gasteiger partial charge is 0.426 e. The van der Waals surface area contributed by atoms with Gasteiger partial charge in [-0.2, -0.15) is 0 Å². The average molecular weight is 589 g/mol. The Balaban J connectivity index is 1.39. The number of hydrogen-bond donors (Lipinski definition) is 0. The Kier molecular flexibility index (Phi) is 10.1. The Labute approximate surface area is 245 Å². The SMILES string of the molecule is CC(C)Cc1ccc(OP2OCC3(CO2)COP(c2ccc(C(C)(C)C)cc2CC(C)C)OC3)c(C(C)(C)C)c1. The molecule has 2 aliphatic rings. The second-order valence-electron chi connectivity index (χ2n) is 14.5. The maximum atomic E-state index is 6.42. The molecule has 0 N–H and O–H groups in total. The summed E-state index contributed by atoms with van der Waals surface area (Å²) in [6, 6.07) is 13.3. The summed E-state index contributed by atoms with van der Waals surface area (Å²) in [7, 11) is -2.61. The summed E-state index contributed by atoms with van der Waals surface area (Å²) in [4.78, 5) is 0.